The minimum absolute atomic E-state index is 0.0672. The number of hydrogen-bond donors (Lipinski definition) is 2. The number of amides is 1. The van der Waals surface area contributed by atoms with Crippen molar-refractivity contribution in [3.8, 4) is 0 Å². The molecule has 3 rings (SSSR count). The van der Waals surface area contributed by atoms with Crippen molar-refractivity contribution in [2.24, 2.45) is 7.05 Å². The summed E-state index contributed by atoms with van der Waals surface area (Å²) in [5.41, 5.74) is 4.60. The van der Waals surface area contributed by atoms with Crippen molar-refractivity contribution in [2.75, 3.05) is 0 Å². The minimum atomic E-state index is -0.0672. The molecule has 1 amide bonds. The lowest BCUT2D eigenvalue weighted by Gasteiger charge is -2.08. The average Bonchev–Trinajstić information content (AvgIpc) is 3.01. The summed E-state index contributed by atoms with van der Waals surface area (Å²) >= 11 is 0. The Morgan fingerprint density at radius 2 is 2.14 bits per heavy atom. The van der Waals surface area contributed by atoms with Gasteiger partial charge in [0.2, 0.25) is 0 Å². The number of nitrogens with one attached hydrogen (secondary N) is 2. The van der Waals surface area contributed by atoms with E-state index in [1.165, 1.54) is 0 Å². The summed E-state index contributed by atoms with van der Waals surface area (Å²) in [6, 6.07) is 7.78. The highest BCUT2D eigenvalue weighted by atomic mass is 16.1. The third kappa shape index (κ3) is 2.31. The van der Waals surface area contributed by atoms with Crippen LogP contribution >= 0.6 is 0 Å². The van der Waals surface area contributed by atoms with Crippen molar-refractivity contribution in [1.29, 1.82) is 0 Å². The van der Waals surface area contributed by atoms with Crippen LogP contribution in [0.4, 0.5) is 0 Å². The standard InChI is InChI=1S/C16H18N4O/c1-10-14(11(2)19-18-10)9-17-16(21)13-6-4-5-12-7-8-20(3)15(12)13/h4-8H,9H2,1-3H3,(H,17,21)(H,18,19). The average molecular weight is 282 g/mol. The molecule has 0 aliphatic carbocycles. The molecule has 108 valence electrons. The molecule has 0 saturated heterocycles. The fraction of sp³-hybridized carbons (Fsp3) is 0.250. The van der Waals surface area contributed by atoms with Crippen LogP contribution in [-0.4, -0.2) is 20.7 Å². The summed E-state index contributed by atoms with van der Waals surface area (Å²) in [5.74, 6) is -0.0672. The molecule has 0 aliphatic rings. The molecular formula is C16H18N4O. The zero-order valence-electron chi connectivity index (χ0n) is 12.4. The van der Waals surface area contributed by atoms with E-state index in [0.29, 0.717) is 12.1 Å². The quantitative estimate of drug-likeness (QED) is 0.775. The molecule has 2 heterocycles. The van der Waals surface area contributed by atoms with Gasteiger partial charge in [-0.05, 0) is 26.0 Å². The number of rotatable bonds is 3. The van der Waals surface area contributed by atoms with E-state index in [9.17, 15) is 4.79 Å². The first kappa shape index (κ1) is 13.4. The number of aryl methyl sites for hydroxylation is 3. The molecule has 0 fully saturated rings. The molecule has 5 nitrogen and oxygen atoms in total. The van der Waals surface area contributed by atoms with E-state index in [2.05, 4.69) is 15.5 Å². The van der Waals surface area contributed by atoms with Gasteiger partial charge in [0.15, 0.2) is 0 Å². The van der Waals surface area contributed by atoms with E-state index in [1.54, 1.807) is 0 Å². The first-order chi connectivity index (χ1) is 10.1. The molecule has 2 aromatic heterocycles. The van der Waals surface area contributed by atoms with E-state index < -0.39 is 0 Å². The summed E-state index contributed by atoms with van der Waals surface area (Å²) in [6.45, 7) is 4.37. The number of H-pyrrole nitrogens is 1. The van der Waals surface area contributed by atoms with Crippen molar-refractivity contribution < 1.29 is 4.79 Å². The lowest BCUT2D eigenvalue weighted by Crippen LogP contribution is -2.24. The molecule has 0 radical (unpaired) electrons. The second kappa shape index (κ2) is 5.09. The van der Waals surface area contributed by atoms with Crippen molar-refractivity contribution in [3.63, 3.8) is 0 Å². The van der Waals surface area contributed by atoms with Gasteiger partial charge in [-0.25, -0.2) is 0 Å². The molecule has 0 unspecified atom stereocenters. The van der Waals surface area contributed by atoms with Gasteiger partial charge in [-0.1, -0.05) is 12.1 Å². The Kier molecular flexibility index (Phi) is 3.25. The van der Waals surface area contributed by atoms with Crippen molar-refractivity contribution in [1.82, 2.24) is 20.1 Å². The van der Waals surface area contributed by atoms with Crippen LogP contribution in [0.15, 0.2) is 30.5 Å². The highest BCUT2D eigenvalue weighted by Crippen LogP contribution is 2.19. The van der Waals surface area contributed by atoms with Crippen LogP contribution in [0, 0.1) is 13.8 Å². The lowest BCUT2D eigenvalue weighted by atomic mass is 10.1. The second-order valence-corrected chi connectivity index (χ2v) is 5.27. The van der Waals surface area contributed by atoms with Gasteiger partial charge in [0.05, 0.1) is 16.8 Å². The maximum atomic E-state index is 12.5. The van der Waals surface area contributed by atoms with Gasteiger partial charge in [-0.3, -0.25) is 9.89 Å². The van der Waals surface area contributed by atoms with Crippen LogP contribution in [0.25, 0.3) is 10.9 Å². The number of carbonyl (C=O) groups excluding carboxylic acids is 1. The van der Waals surface area contributed by atoms with E-state index in [1.807, 2.05) is 55.9 Å². The van der Waals surface area contributed by atoms with E-state index in [-0.39, 0.29) is 5.91 Å². The van der Waals surface area contributed by atoms with Gasteiger partial charge in [0, 0.05) is 36.4 Å². The number of hydrogen-bond acceptors (Lipinski definition) is 2. The van der Waals surface area contributed by atoms with Crippen LogP contribution in [0.3, 0.4) is 0 Å². The third-order valence-corrected chi connectivity index (χ3v) is 3.85. The smallest absolute Gasteiger partial charge is 0.253 e. The molecular weight excluding hydrogens is 264 g/mol. The van der Waals surface area contributed by atoms with Gasteiger partial charge >= 0.3 is 0 Å². The number of aromatic amines is 1. The van der Waals surface area contributed by atoms with Crippen LogP contribution in [-0.2, 0) is 13.6 Å². The van der Waals surface area contributed by atoms with Crippen LogP contribution in [0.2, 0.25) is 0 Å². The molecule has 21 heavy (non-hydrogen) atoms. The highest BCUT2D eigenvalue weighted by molar-refractivity contribution is 6.05. The summed E-state index contributed by atoms with van der Waals surface area (Å²) in [7, 11) is 1.95. The summed E-state index contributed by atoms with van der Waals surface area (Å²) in [5, 5.41) is 11.1. The predicted octanol–water partition coefficient (Wildman–Crippen LogP) is 2.45. The SMILES string of the molecule is Cc1n[nH]c(C)c1CNC(=O)c1cccc2ccn(C)c12. The fourth-order valence-electron chi connectivity index (χ4n) is 2.64. The first-order valence-corrected chi connectivity index (χ1v) is 6.90. The van der Waals surface area contributed by atoms with Crippen molar-refractivity contribution >= 4 is 16.8 Å². The fourth-order valence-corrected chi connectivity index (χ4v) is 2.64. The number of para-hydroxylation sites is 1. The summed E-state index contributed by atoms with van der Waals surface area (Å²) in [6.07, 6.45) is 1.96. The Morgan fingerprint density at radius 3 is 2.86 bits per heavy atom. The van der Waals surface area contributed by atoms with Crippen LogP contribution in [0.5, 0.6) is 0 Å². The second-order valence-electron chi connectivity index (χ2n) is 5.27. The maximum Gasteiger partial charge on any atom is 0.253 e. The Bertz CT molecular complexity index is 793. The normalized spacial score (nSPS) is 11.0. The monoisotopic (exact) mass is 282 g/mol. The Hall–Kier alpha value is -2.56. The lowest BCUT2D eigenvalue weighted by molar-refractivity contribution is 0.0952. The molecule has 1 aromatic carbocycles. The predicted molar refractivity (Wildman–Crippen MR) is 82.2 cm³/mol. The van der Waals surface area contributed by atoms with Gasteiger partial charge in [-0.15, -0.1) is 0 Å². The Balaban J connectivity index is 1.86. The van der Waals surface area contributed by atoms with Crippen molar-refractivity contribution in [3.05, 3.63) is 53.0 Å². The minimum Gasteiger partial charge on any atom is -0.350 e. The number of nitrogens with zero attached hydrogens (tertiary/aromatic N) is 2. The van der Waals surface area contributed by atoms with Gasteiger partial charge in [0.1, 0.15) is 0 Å². The summed E-state index contributed by atoms with van der Waals surface area (Å²) in [4.78, 5) is 12.5. The molecule has 5 heteroatoms. The maximum absolute atomic E-state index is 12.5. The van der Waals surface area contributed by atoms with E-state index in [0.717, 1.165) is 27.9 Å². The van der Waals surface area contributed by atoms with Crippen molar-refractivity contribution in [2.45, 2.75) is 20.4 Å². The number of carbonyl (C=O) groups is 1. The number of benzene rings is 1. The molecule has 0 saturated carbocycles. The Labute approximate surface area is 123 Å². The molecule has 0 aliphatic heterocycles. The first-order valence-electron chi connectivity index (χ1n) is 6.90. The van der Waals surface area contributed by atoms with E-state index in [4.69, 9.17) is 0 Å². The zero-order chi connectivity index (χ0) is 15.0. The Morgan fingerprint density at radius 1 is 1.33 bits per heavy atom. The van der Waals surface area contributed by atoms with E-state index >= 15 is 0 Å². The number of aromatic nitrogens is 3. The topological polar surface area (TPSA) is 62.7 Å². The molecule has 0 atom stereocenters. The molecule has 0 spiro atoms. The highest BCUT2D eigenvalue weighted by Gasteiger charge is 2.13. The van der Waals surface area contributed by atoms with Gasteiger partial charge < -0.3 is 9.88 Å². The third-order valence-electron chi connectivity index (χ3n) is 3.85. The summed E-state index contributed by atoms with van der Waals surface area (Å²) < 4.78 is 1.97. The van der Waals surface area contributed by atoms with Crippen LogP contribution in [0.1, 0.15) is 27.3 Å². The van der Waals surface area contributed by atoms with Gasteiger partial charge in [0.25, 0.3) is 5.91 Å². The zero-order valence-corrected chi connectivity index (χ0v) is 12.4. The molecule has 0 bridgehead atoms. The molecule has 2 N–H and O–H groups in total. The van der Waals surface area contributed by atoms with Crippen LogP contribution < -0.4 is 5.32 Å². The largest absolute Gasteiger partial charge is 0.350 e. The molecule has 3 aromatic rings. The number of fused-ring (bicyclic) bond motifs is 1. The van der Waals surface area contributed by atoms with Gasteiger partial charge in [-0.2, -0.15) is 5.10 Å².